The van der Waals surface area contributed by atoms with E-state index in [1.54, 1.807) is 42.9 Å². The van der Waals surface area contributed by atoms with E-state index in [-0.39, 0.29) is 17.6 Å². The zero-order valence-corrected chi connectivity index (χ0v) is 17.1. The van der Waals surface area contributed by atoms with Gasteiger partial charge in [-0.2, -0.15) is 0 Å². The van der Waals surface area contributed by atoms with Crippen molar-refractivity contribution in [3.8, 4) is 11.3 Å². The number of imidazole rings is 1. The first kappa shape index (κ1) is 20.0. The van der Waals surface area contributed by atoms with Gasteiger partial charge in [0.05, 0.1) is 27.4 Å². The van der Waals surface area contributed by atoms with Gasteiger partial charge in [-0.05, 0) is 18.6 Å². The second-order valence-electron chi connectivity index (χ2n) is 7.10. The minimum atomic E-state index is -0.598. The summed E-state index contributed by atoms with van der Waals surface area (Å²) in [5.41, 5.74) is 9.32. The lowest BCUT2D eigenvalue weighted by molar-refractivity contribution is -0.385. The van der Waals surface area contributed by atoms with Crippen molar-refractivity contribution in [1.82, 2.24) is 19.9 Å². The predicted molar refractivity (Wildman–Crippen MR) is 111 cm³/mol. The topological polar surface area (TPSA) is 129 Å². The smallest absolute Gasteiger partial charge is 0.284 e. The molecule has 9 nitrogen and oxygen atoms in total. The summed E-state index contributed by atoms with van der Waals surface area (Å²) in [6.07, 6.45) is 2.31. The van der Waals surface area contributed by atoms with E-state index < -0.39 is 10.8 Å². The molecule has 0 saturated heterocycles. The normalized spacial score (nSPS) is 15.6. The fourth-order valence-electron chi connectivity index (χ4n) is 3.94. The van der Waals surface area contributed by atoms with Gasteiger partial charge in [-0.25, -0.2) is 4.98 Å². The maximum atomic E-state index is 11.7. The molecule has 0 spiro atoms. The molecular weight excluding hydrogens is 408 g/mol. The molecule has 1 aliphatic heterocycles. The highest BCUT2D eigenvalue weighted by Gasteiger charge is 2.31. The first-order valence-corrected chi connectivity index (χ1v) is 9.66. The van der Waals surface area contributed by atoms with Gasteiger partial charge in [0, 0.05) is 49.1 Å². The molecule has 1 amide bonds. The van der Waals surface area contributed by atoms with Crippen LogP contribution in [0.3, 0.4) is 0 Å². The Morgan fingerprint density at radius 1 is 1.40 bits per heavy atom. The zero-order chi connectivity index (χ0) is 21.6. The van der Waals surface area contributed by atoms with Crippen molar-refractivity contribution in [2.24, 2.45) is 12.8 Å². The number of nitro benzene ring substituents is 1. The molecule has 1 aliphatic rings. The number of aromatic nitrogens is 3. The largest absolute Gasteiger partial charge is 0.363 e. The number of hydrogen-bond donors (Lipinski definition) is 2. The average molecular weight is 427 g/mol. The van der Waals surface area contributed by atoms with Crippen molar-refractivity contribution in [3.63, 3.8) is 0 Å². The van der Waals surface area contributed by atoms with E-state index in [0.717, 1.165) is 11.3 Å². The number of halogens is 1. The van der Waals surface area contributed by atoms with Crippen LogP contribution in [0, 0.1) is 17.0 Å². The lowest BCUT2D eigenvalue weighted by Gasteiger charge is -2.25. The van der Waals surface area contributed by atoms with Crippen LogP contribution < -0.4 is 11.1 Å². The predicted octanol–water partition coefficient (Wildman–Crippen LogP) is 2.69. The molecule has 0 bridgehead atoms. The maximum absolute atomic E-state index is 11.7. The van der Waals surface area contributed by atoms with Crippen molar-refractivity contribution in [3.05, 3.63) is 73.9 Å². The van der Waals surface area contributed by atoms with Gasteiger partial charge in [-0.15, -0.1) is 0 Å². The van der Waals surface area contributed by atoms with Crippen LogP contribution >= 0.6 is 11.6 Å². The summed E-state index contributed by atoms with van der Waals surface area (Å²) in [5.74, 6) is -0.409. The van der Waals surface area contributed by atoms with Crippen molar-refractivity contribution in [2.45, 2.75) is 19.4 Å². The molecule has 3 aromatic rings. The Morgan fingerprint density at radius 2 is 2.17 bits per heavy atom. The van der Waals surface area contributed by atoms with E-state index in [9.17, 15) is 14.9 Å². The van der Waals surface area contributed by atoms with Crippen LogP contribution in [0.1, 0.15) is 39.2 Å². The van der Waals surface area contributed by atoms with Crippen LogP contribution in [0.25, 0.3) is 11.3 Å². The Kier molecular flexibility index (Phi) is 5.00. The molecule has 3 heterocycles. The number of fused-ring (bicyclic) bond motifs is 1. The second-order valence-corrected chi connectivity index (χ2v) is 7.48. The SMILES string of the molecule is Cc1c(-c2nccc(C3NCCc4c3nc(C(N)=O)n4C)c2Cl)cccc1[N+](=O)[O-]. The van der Waals surface area contributed by atoms with Crippen molar-refractivity contribution >= 4 is 23.2 Å². The Labute approximate surface area is 177 Å². The summed E-state index contributed by atoms with van der Waals surface area (Å²) in [6, 6.07) is 6.24. The third kappa shape index (κ3) is 3.12. The molecule has 1 unspecified atom stereocenters. The number of rotatable bonds is 4. The Balaban J connectivity index is 1.85. The van der Waals surface area contributed by atoms with E-state index in [1.807, 2.05) is 0 Å². The maximum Gasteiger partial charge on any atom is 0.284 e. The van der Waals surface area contributed by atoms with Gasteiger partial charge in [0.1, 0.15) is 0 Å². The lowest BCUT2D eigenvalue weighted by Crippen LogP contribution is -2.31. The Bertz CT molecular complexity index is 1190. The van der Waals surface area contributed by atoms with E-state index in [1.165, 1.54) is 6.07 Å². The quantitative estimate of drug-likeness (QED) is 0.487. The average Bonchev–Trinajstić information content (AvgIpc) is 3.06. The molecule has 3 N–H and O–H groups in total. The number of amides is 1. The number of nitrogens with one attached hydrogen (secondary N) is 1. The van der Waals surface area contributed by atoms with Crippen LogP contribution in [0.2, 0.25) is 5.02 Å². The molecule has 1 aromatic carbocycles. The zero-order valence-electron chi connectivity index (χ0n) is 16.3. The minimum absolute atomic E-state index is 0.00433. The molecule has 0 fully saturated rings. The van der Waals surface area contributed by atoms with E-state index in [4.69, 9.17) is 17.3 Å². The fourth-order valence-corrected chi connectivity index (χ4v) is 4.26. The molecule has 0 radical (unpaired) electrons. The van der Waals surface area contributed by atoms with Crippen LogP contribution in [-0.2, 0) is 13.5 Å². The molecule has 1 atom stereocenters. The molecule has 0 aliphatic carbocycles. The number of nitro groups is 1. The number of benzene rings is 1. The molecule has 10 heteroatoms. The van der Waals surface area contributed by atoms with E-state index >= 15 is 0 Å². The molecule has 154 valence electrons. The number of carbonyl (C=O) groups excluding carboxylic acids is 1. The summed E-state index contributed by atoms with van der Waals surface area (Å²) in [5, 5.41) is 15.1. The highest BCUT2D eigenvalue weighted by molar-refractivity contribution is 6.34. The first-order valence-electron chi connectivity index (χ1n) is 9.28. The third-order valence-corrected chi connectivity index (χ3v) is 5.83. The number of primary amides is 1. The Morgan fingerprint density at radius 3 is 2.87 bits per heavy atom. The van der Waals surface area contributed by atoms with Gasteiger partial charge in [0.25, 0.3) is 11.6 Å². The summed E-state index contributed by atoms with van der Waals surface area (Å²) >= 11 is 6.76. The second kappa shape index (κ2) is 7.51. The van der Waals surface area contributed by atoms with E-state index in [2.05, 4.69) is 15.3 Å². The highest BCUT2D eigenvalue weighted by atomic mass is 35.5. The summed E-state index contributed by atoms with van der Waals surface area (Å²) in [7, 11) is 1.76. The monoisotopic (exact) mass is 426 g/mol. The minimum Gasteiger partial charge on any atom is -0.363 e. The lowest BCUT2D eigenvalue weighted by atomic mass is 9.95. The van der Waals surface area contributed by atoms with Gasteiger partial charge >= 0.3 is 0 Å². The molecular formula is C20H19ClN6O3. The summed E-state index contributed by atoms with van der Waals surface area (Å²) in [4.78, 5) is 31.5. The first-order chi connectivity index (χ1) is 14.3. The van der Waals surface area contributed by atoms with Crippen LogP contribution in [0.5, 0.6) is 0 Å². The number of nitrogens with two attached hydrogens (primary N) is 1. The third-order valence-electron chi connectivity index (χ3n) is 5.44. The number of hydrogen-bond acceptors (Lipinski definition) is 6. The molecule has 4 rings (SSSR count). The summed E-state index contributed by atoms with van der Waals surface area (Å²) in [6.45, 7) is 2.34. The number of nitrogens with zero attached hydrogens (tertiary/aromatic N) is 4. The van der Waals surface area contributed by atoms with Gasteiger partial charge in [-0.3, -0.25) is 19.9 Å². The van der Waals surface area contributed by atoms with Crippen LogP contribution in [0.4, 0.5) is 5.69 Å². The molecule has 2 aromatic heterocycles. The van der Waals surface area contributed by atoms with Crippen molar-refractivity contribution < 1.29 is 9.72 Å². The van der Waals surface area contributed by atoms with Gasteiger partial charge in [0.2, 0.25) is 0 Å². The van der Waals surface area contributed by atoms with Crippen molar-refractivity contribution in [2.75, 3.05) is 6.54 Å². The Hall–Kier alpha value is -3.30. The van der Waals surface area contributed by atoms with E-state index in [0.29, 0.717) is 40.5 Å². The number of carbonyl (C=O) groups is 1. The fraction of sp³-hybridized carbons (Fsp3) is 0.250. The van der Waals surface area contributed by atoms with Gasteiger partial charge in [-0.1, -0.05) is 23.7 Å². The van der Waals surface area contributed by atoms with Crippen LogP contribution in [-0.4, -0.2) is 31.9 Å². The molecule has 30 heavy (non-hydrogen) atoms. The number of pyridine rings is 1. The summed E-state index contributed by atoms with van der Waals surface area (Å²) < 4.78 is 1.71. The van der Waals surface area contributed by atoms with Crippen LogP contribution in [0.15, 0.2) is 30.5 Å². The standard InChI is InChI=1S/C20H19ClN6O3/c1-10-11(4-3-5-13(10)27(29)30)16-15(21)12(6-8-23-16)17-18-14(7-9-24-17)26(2)20(25-18)19(22)28/h3-6,8,17,24H,7,9H2,1-2H3,(H2,22,28). The highest BCUT2D eigenvalue weighted by Crippen LogP contribution is 2.38. The molecule has 0 saturated carbocycles. The van der Waals surface area contributed by atoms with Gasteiger partial charge < -0.3 is 15.6 Å². The van der Waals surface area contributed by atoms with Crippen molar-refractivity contribution in [1.29, 1.82) is 0 Å². The van der Waals surface area contributed by atoms with Gasteiger partial charge in [0.15, 0.2) is 5.82 Å².